The Kier molecular flexibility index (Phi) is 3.51. The lowest BCUT2D eigenvalue weighted by atomic mass is 10.2. The molecule has 1 amide bonds. The van der Waals surface area contributed by atoms with Crippen molar-refractivity contribution in [1.82, 2.24) is 9.88 Å². The van der Waals surface area contributed by atoms with Crippen molar-refractivity contribution in [3.8, 4) is 0 Å². The Balaban J connectivity index is 1.67. The maximum atomic E-state index is 12.4. The molecule has 0 spiro atoms. The van der Waals surface area contributed by atoms with Gasteiger partial charge in [-0.15, -0.1) is 0 Å². The molecule has 2 N–H and O–H groups in total. The number of nitrogen functional groups attached to an aromatic ring is 1. The van der Waals surface area contributed by atoms with Gasteiger partial charge in [-0.1, -0.05) is 0 Å². The minimum absolute atomic E-state index is 0.0499. The van der Waals surface area contributed by atoms with Crippen LogP contribution in [0, 0.1) is 6.92 Å². The normalized spacial score (nSPS) is 15.3. The summed E-state index contributed by atoms with van der Waals surface area (Å²) in [7, 11) is 0. The number of furan rings is 1. The van der Waals surface area contributed by atoms with Crippen LogP contribution in [0.15, 0.2) is 35.1 Å². The first-order chi connectivity index (χ1) is 10.2. The van der Waals surface area contributed by atoms with Crippen LogP contribution in [0.2, 0.25) is 0 Å². The molecule has 1 fully saturated rings. The number of piperazine rings is 1. The van der Waals surface area contributed by atoms with Crippen molar-refractivity contribution in [2.45, 2.75) is 6.92 Å². The molecule has 0 aliphatic carbocycles. The number of nitrogens with two attached hydrogens (primary N) is 1. The zero-order chi connectivity index (χ0) is 14.8. The average Bonchev–Trinajstić information content (AvgIpc) is 2.93. The first-order valence-corrected chi connectivity index (χ1v) is 6.95. The molecule has 6 heteroatoms. The summed E-state index contributed by atoms with van der Waals surface area (Å²) in [6.07, 6.45) is 3.28. The molecular weight excluding hydrogens is 268 g/mol. The molecule has 0 radical (unpaired) electrons. The number of carbonyl (C=O) groups excluding carboxylic acids is 1. The Morgan fingerprint density at radius 3 is 2.67 bits per heavy atom. The average molecular weight is 286 g/mol. The molecule has 21 heavy (non-hydrogen) atoms. The van der Waals surface area contributed by atoms with E-state index >= 15 is 0 Å². The lowest BCUT2D eigenvalue weighted by Crippen LogP contribution is -2.49. The van der Waals surface area contributed by atoms with Crippen molar-refractivity contribution in [3.05, 3.63) is 42.0 Å². The molecule has 1 aliphatic heterocycles. The van der Waals surface area contributed by atoms with Crippen LogP contribution in [-0.2, 0) is 0 Å². The highest BCUT2D eigenvalue weighted by Gasteiger charge is 2.26. The number of rotatable bonds is 2. The van der Waals surface area contributed by atoms with E-state index in [0.29, 0.717) is 37.6 Å². The van der Waals surface area contributed by atoms with Gasteiger partial charge in [-0.3, -0.25) is 4.79 Å². The Labute approximate surface area is 123 Å². The predicted octanol–water partition coefficient (Wildman–Crippen LogP) is 1.53. The van der Waals surface area contributed by atoms with Crippen LogP contribution in [0.3, 0.4) is 0 Å². The fourth-order valence-electron chi connectivity index (χ4n) is 2.53. The number of hydrogen-bond donors (Lipinski definition) is 1. The molecule has 1 aliphatic rings. The number of aromatic nitrogens is 1. The standard InChI is InChI=1S/C15H18N4O2/c1-11-4-10-21-13(11)15(20)19-8-6-18(7-9-19)14-12(16)3-2-5-17-14/h2-5,10H,6-9,16H2,1H3. The second-order valence-electron chi connectivity index (χ2n) is 5.13. The molecule has 1 saturated heterocycles. The SMILES string of the molecule is Cc1ccoc1C(=O)N1CCN(c2ncccc2N)CC1. The van der Waals surface area contributed by atoms with Crippen molar-refractivity contribution in [3.63, 3.8) is 0 Å². The third kappa shape index (κ3) is 2.56. The number of aryl methyl sites for hydroxylation is 1. The number of nitrogens with zero attached hydrogens (tertiary/aromatic N) is 3. The molecule has 0 atom stereocenters. The highest BCUT2D eigenvalue weighted by Crippen LogP contribution is 2.21. The zero-order valence-corrected chi connectivity index (χ0v) is 12.0. The third-order valence-electron chi connectivity index (χ3n) is 3.74. The van der Waals surface area contributed by atoms with Crippen LogP contribution in [0.5, 0.6) is 0 Å². The van der Waals surface area contributed by atoms with Gasteiger partial charge in [0.2, 0.25) is 0 Å². The summed E-state index contributed by atoms with van der Waals surface area (Å²) in [4.78, 5) is 20.6. The first kappa shape index (κ1) is 13.5. The Hall–Kier alpha value is -2.50. The van der Waals surface area contributed by atoms with Crippen LogP contribution >= 0.6 is 0 Å². The lowest BCUT2D eigenvalue weighted by molar-refractivity contribution is 0.0713. The summed E-state index contributed by atoms with van der Waals surface area (Å²) >= 11 is 0. The Bertz CT molecular complexity index is 645. The molecule has 2 aromatic rings. The van der Waals surface area contributed by atoms with E-state index in [9.17, 15) is 4.79 Å². The smallest absolute Gasteiger partial charge is 0.289 e. The molecular formula is C15H18N4O2. The van der Waals surface area contributed by atoms with Crippen LogP contribution < -0.4 is 10.6 Å². The molecule has 110 valence electrons. The van der Waals surface area contributed by atoms with Gasteiger partial charge in [0.1, 0.15) is 0 Å². The molecule has 0 unspecified atom stereocenters. The second kappa shape index (κ2) is 5.47. The quantitative estimate of drug-likeness (QED) is 0.906. The van der Waals surface area contributed by atoms with Gasteiger partial charge < -0.3 is 20.0 Å². The summed E-state index contributed by atoms with van der Waals surface area (Å²) in [5, 5.41) is 0. The van der Waals surface area contributed by atoms with Gasteiger partial charge >= 0.3 is 0 Å². The summed E-state index contributed by atoms with van der Waals surface area (Å²) < 4.78 is 5.27. The minimum atomic E-state index is -0.0499. The third-order valence-corrected chi connectivity index (χ3v) is 3.74. The van der Waals surface area contributed by atoms with E-state index in [1.54, 1.807) is 18.5 Å². The molecule has 3 rings (SSSR count). The highest BCUT2D eigenvalue weighted by molar-refractivity contribution is 5.93. The molecule has 2 aromatic heterocycles. The maximum Gasteiger partial charge on any atom is 0.289 e. The number of anilines is 2. The summed E-state index contributed by atoms with van der Waals surface area (Å²) in [5.41, 5.74) is 7.48. The van der Waals surface area contributed by atoms with E-state index in [2.05, 4.69) is 9.88 Å². The van der Waals surface area contributed by atoms with Crippen LogP contribution in [0.4, 0.5) is 11.5 Å². The van der Waals surface area contributed by atoms with Crippen molar-refractivity contribution in [1.29, 1.82) is 0 Å². The number of amides is 1. The number of pyridine rings is 1. The number of hydrogen-bond acceptors (Lipinski definition) is 5. The van der Waals surface area contributed by atoms with Gasteiger partial charge in [0, 0.05) is 37.9 Å². The summed E-state index contributed by atoms with van der Waals surface area (Å²) in [6, 6.07) is 5.46. The monoisotopic (exact) mass is 286 g/mol. The van der Waals surface area contributed by atoms with Crippen LogP contribution in [-0.4, -0.2) is 42.0 Å². The van der Waals surface area contributed by atoms with Crippen LogP contribution in [0.1, 0.15) is 16.1 Å². The molecule has 3 heterocycles. The first-order valence-electron chi connectivity index (χ1n) is 6.95. The summed E-state index contributed by atoms with van der Waals surface area (Å²) in [6.45, 7) is 4.57. The fourth-order valence-corrected chi connectivity index (χ4v) is 2.53. The molecule has 0 saturated carbocycles. The Morgan fingerprint density at radius 1 is 1.29 bits per heavy atom. The maximum absolute atomic E-state index is 12.4. The van der Waals surface area contributed by atoms with Crippen molar-refractivity contribution >= 4 is 17.4 Å². The Morgan fingerprint density at radius 2 is 2.05 bits per heavy atom. The second-order valence-corrected chi connectivity index (χ2v) is 5.13. The minimum Gasteiger partial charge on any atom is -0.459 e. The van der Waals surface area contributed by atoms with Crippen molar-refractivity contribution < 1.29 is 9.21 Å². The van der Waals surface area contributed by atoms with Gasteiger partial charge in [0.05, 0.1) is 12.0 Å². The van der Waals surface area contributed by atoms with E-state index in [1.807, 2.05) is 24.0 Å². The van der Waals surface area contributed by atoms with Crippen molar-refractivity contribution in [2.24, 2.45) is 0 Å². The van der Waals surface area contributed by atoms with E-state index in [1.165, 1.54) is 0 Å². The van der Waals surface area contributed by atoms with Gasteiger partial charge in [0.15, 0.2) is 11.6 Å². The number of carbonyl (C=O) groups is 1. The van der Waals surface area contributed by atoms with Gasteiger partial charge in [-0.2, -0.15) is 0 Å². The lowest BCUT2D eigenvalue weighted by Gasteiger charge is -2.35. The van der Waals surface area contributed by atoms with Gasteiger partial charge in [-0.25, -0.2) is 4.98 Å². The predicted molar refractivity (Wildman–Crippen MR) is 80.2 cm³/mol. The molecule has 6 nitrogen and oxygen atoms in total. The van der Waals surface area contributed by atoms with Crippen molar-refractivity contribution in [2.75, 3.05) is 36.8 Å². The van der Waals surface area contributed by atoms with E-state index < -0.39 is 0 Å². The van der Waals surface area contributed by atoms with E-state index in [-0.39, 0.29) is 5.91 Å². The zero-order valence-electron chi connectivity index (χ0n) is 12.0. The summed E-state index contributed by atoms with van der Waals surface area (Å²) in [5.74, 6) is 1.17. The largest absolute Gasteiger partial charge is 0.459 e. The van der Waals surface area contributed by atoms with E-state index in [4.69, 9.17) is 10.2 Å². The van der Waals surface area contributed by atoms with Crippen LogP contribution in [0.25, 0.3) is 0 Å². The fraction of sp³-hybridized carbons (Fsp3) is 0.333. The van der Waals surface area contributed by atoms with Gasteiger partial charge in [-0.05, 0) is 25.1 Å². The van der Waals surface area contributed by atoms with E-state index in [0.717, 1.165) is 11.4 Å². The molecule has 0 aromatic carbocycles. The van der Waals surface area contributed by atoms with Gasteiger partial charge in [0.25, 0.3) is 5.91 Å². The molecule has 0 bridgehead atoms. The topological polar surface area (TPSA) is 75.6 Å². The highest BCUT2D eigenvalue weighted by atomic mass is 16.3.